The van der Waals surface area contributed by atoms with E-state index >= 15 is 0 Å². The Morgan fingerprint density at radius 3 is 2.19 bits per heavy atom. The molecule has 4 atom stereocenters. The second-order valence-corrected chi connectivity index (χ2v) is 7.25. The highest BCUT2D eigenvalue weighted by Crippen LogP contribution is 2.46. The Hall–Kier alpha value is -0.0800. The fraction of sp³-hybridized carbons (Fsp3) is 0.947. The Morgan fingerprint density at radius 2 is 1.62 bits per heavy atom. The maximum Gasteiger partial charge on any atom is 0.0868 e. The van der Waals surface area contributed by atoms with Gasteiger partial charge in [0, 0.05) is 6.42 Å². The number of aliphatic hydroxyl groups excluding tert-OH is 1. The van der Waals surface area contributed by atoms with Gasteiger partial charge >= 0.3 is 0 Å². The first-order valence-electron chi connectivity index (χ1n) is 9.46. The molecule has 0 aromatic heterocycles. The van der Waals surface area contributed by atoms with E-state index in [1.807, 2.05) is 0 Å². The second-order valence-electron chi connectivity index (χ2n) is 7.25. The largest absolute Gasteiger partial charge is 0.390 e. The van der Waals surface area contributed by atoms with Crippen molar-refractivity contribution in [2.45, 2.75) is 103 Å². The van der Waals surface area contributed by atoms with Gasteiger partial charge < -0.3 is 9.84 Å². The Balaban J connectivity index is 1.34. The van der Waals surface area contributed by atoms with E-state index in [1.165, 1.54) is 70.6 Å². The highest BCUT2D eigenvalue weighted by atomic mass is 16.5. The minimum atomic E-state index is -0.215. The summed E-state index contributed by atoms with van der Waals surface area (Å²) in [6.45, 7) is 4.09. The summed E-state index contributed by atoms with van der Waals surface area (Å²) in [5.74, 6) is 1.70. The summed E-state index contributed by atoms with van der Waals surface area (Å²) in [6, 6.07) is 0. The van der Waals surface area contributed by atoms with Crippen molar-refractivity contribution in [1.82, 2.24) is 0 Å². The molecule has 2 aliphatic rings. The summed E-state index contributed by atoms with van der Waals surface area (Å²) in [6.07, 6.45) is 17.3. The van der Waals surface area contributed by atoms with Crippen LogP contribution in [0.25, 0.3) is 0 Å². The van der Waals surface area contributed by atoms with Crippen molar-refractivity contribution in [2.75, 3.05) is 0 Å². The highest BCUT2D eigenvalue weighted by Gasteiger charge is 2.40. The van der Waals surface area contributed by atoms with E-state index in [0.29, 0.717) is 0 Å². The Labute approximate surface area is 131 Å². The zero-order valence-corrected chi connectivity index (χ0v) is 13.9. The number of hydrogen-bond acceptors (Lipinski definition) is 2. The van der Waals surface area contributed by atoms with Gasteiger partial charge in [-0.2, -0.15) is 0 Å². The predicted octanol–water partition coefficient (Wildman–Crippen LogP) is 5.25. The molecule has 2 heteroatoms. The molecule has 2 nitrogen and oxygen atoms in total. The zero-order valence-electron chi connectivity index (χ0n) is 13.9. The van der Waals surface area contributed by atoms with E-state index in [4.69, 9.17) is 4.74 Å². The number of aliphatic hydroxyl groups is 1. The van der Waals surface area contributed by atoms with Crippen LogP contribution < -0.4 is 0 Å². The van der Waals surface area contributed by atoms with Gasteiger partial charge in [0.25, 0.3) is 0 Å². The molecule has 0 amide bonds. The van der Waals surface area contributed by atoms with Crippen LogP contribution in [0.4, 0.5) is 0 Å². The molecule has 0 spiro atoms. The van der Waals surface area contributed by atoms with E-state index in [-0.39, 0.29) is 12.2 Å². The van der Waals surface area contributed by atoms with Crippen LogP contribution in [0.5, 0.6) is 0 Å². The number of rotatable bonds is 13. The SMILES string of the molecule is CCCCCCCCCCCC1CC1CC(O)C1C[CH]O1. The van der Waals surface area contributed by atoms with Crippen molar-refractivity contribution in [3.8, 4) is 0 Å². The predicted molar refractivity (Wildman–Crippen MR) is 87.9 cm³/mol. The van der Waals surface area contributed by atoms with E-state index in [9.17, 15) is 5.11 Å². The molecule has 0 aromatic carbocycles. The number of unbranched alkanes of at least 4 members (excludes halogenated alkanes) is 8. The van der Waals surface area contributed by atoms with Crippen LogP contribution in [0, 0.1) is 18.4 Å². The molecule has 21 heavy (non-hydrogen) atoms. The zero-order chi connectivity index (χ0) is 14.9. The Bertz CT molecular complexity index is 262. The fourth-order valence-corrected chi connectivity index (χ4v) is 3.59. The summed E-state index contributed by atoms with van der Waals surface area (Å²) in [5, 5.41) is 9.98. The van der Waals surface area contributed by atoms with Crippen molar-refractivity contribution in [1.29, 1.82) is 0 Å². The topological polar surface area (TPSA) is 29.5 Å². The normalized spacial score (nSPS) is 29.1. The Kier molecular flexibility index (Phi) is 8.10. The van der Waals surface area contributed by atoms with E-state index in [2.05, 4.69) is 6.92 Å². The smallest absolute Gasteiger partial charge is 0.0868 e. The third-order valence-electron chi connectivity index (χ3n) is 5.32. The van der Waals surface area contributed by atoms with Gasteiger partial charge in [0.1, 0.15) is 0 Å². The molecule has 0 bridgehead atoms. The van der Waals surface area contributed by atoms with Crippen LogP contribution in [0.1, 0.15) is 90.4 Å². The van der Waals surface area contributed by atoms with Gasteiger partial charge in [-0.05, 0) is 24.7 Å². The van der Waals surface area contributed by atoms with Crippen LogP contribution in [-0.4, -0.2) is 17.3 Å². The molecule has 1 aliphatic heterocycles. The van der Waals surface area contributed by atoms with Crippen molar-refractivity contribution in [2.24, 2.45) is 11.8 Å². The van der Waals surface area contributed by atoms with Gasteiger partial charge in [0.05, 0.1) is 18.8 Å². The van der Waals surface area contributed by atoms with E-state index < -0.39 is 0 Å². The molecule has 2 fully saturated rings. The van der Waals surface area contributed by atoms with Crippen LogP contribution >= 0.6 is 0 Å². The number of ether oxygens (including phenoxy) is 1. The summed E-state index contributed by atoms with van der Waals surface area (Å²) >= 11 is 0. The van der Waals surface area contributed by atoms with Crippen LogP contribution in [0.2, 0.25) is 0 Å². The lowest BCUT2D eigenvalue weighted by atomic mass is 9.99. The molecular weight excluding hydrogens is 260 g/mol. The van der Waals surface area contributed by atoms with Crippen molar-refractivity contribution in [3.05, 3.63) is 6.61 Å². The van der Waals surface area contributed by atoms with Crippen LogP contribution in [0.15, 0.2) is 0 Å². The first kappa shape index (κ1) is 17.3. The highest BCUT2D eigenvalue weighted by molar-refractivity contribution is 4.91. The van der Waals surface area contributed by atoms with Crippen LogP contribution in [-0.2, 0) is 4.74 Å². The first-order valence-corrected chi connectivity index (χ1v) is 9.46. The monoisotopic (exact) mass is 295 g/mol. The van der Waals surface area contributed by atoms with Gasteiger partial charge in [-0.3, -0.25) is 0 Å². The average molecular weight is 295 g/mol. The molecule has 1 heterocycles. The van der Waals surface area contributed by atoms with Crippen molar-refractivity contribution < 1.29 is 9.84 Å². The first-order chi connectivity index (χ1) is 10.3. The molecule has 1 saturated carbocycles. The molecule has 1 saturated heterocycles. The minimum absolute atomic E-state index is 0.110. The third kappa shape index (κ3) is 6.69. The average Bonchev–Trinajstić information content (AvgIpc) is 3.13. The van der Waals surface area contributed by atoms with Crippen LogP contribution in [0.3, 0.4) is 0 Å². The Morgan fingerprint density at radius 1 is 1.00 bits per heavy atom. The van der Waals surface area contributed by atoms with Gasteiger partial charge in [0.15, 0.2) is 0 Å². The molecule has 0 aromatic rings. The summed E-state index contributed by atoms with van der Waals surface area (Å²) in [5.41, 5.74) is 0. The molecule has 1 radical (unpaired) electrons. The fourth-order valence-electron chi connectivity index (χ4n) is 3.59. The maximum absolute atomic E-state index is 9.98. The molecule has 1 aliphatic carbocycles. The van der Waals surface area contributed by atoms with Gasteiger partial charge in [-0.1, -0.05) is 71.1 Å². The standard InChI is InChI=1S/C19H35O2/c1-2-3-4-5-6-7-8-9-10-11-16-14-17(16)15-18(20)19-12-13-21-19/h13,16-20H,2-12,14-15H2,1H3. The summed E-state index contributed by atoms with van der Waals surface area (Å²) in [4.78, 5) is 0. The second kappa shape index (κ2) is 9.84. The van der Waals surface area contributed by atoms with Gasteiger partial charge in [-0.15, -0.1) is 0 Å². The molecule has 4 unspecified atom stereocenters. The maximum atomic E-state index is 9.98. The van der Waals surface area contributed by atoms with Crippen molar-refractivity contribution >= 4 is 0 Å². The van der Waals surface area contributed by atoms with Crippen molar-refractivity contribution in [3.63, 3.8) is 0 Å². The molecule has 123 valence electrons. The lowest BCUT2D eigenvalue weighted by Crippen LogP contribution is -2.35. The summed E-state index contributed by atoms with van der Waals surface area (Å²) in [7, 11) is 0. The number of hydrogen-bond donors (Lipinski definition) is 1. The molecule has 1 N–H and O–H groups in total. The van der Waals surface area contributed by atoms with Gasteiger partial charge in [-0.25, -0.2) is 0 Å². The lowest BCUT2D eigenvalue weighted by Gasteiger charge is -2.30. The third-order valence-corrected chi connectivity index (χ3v) is 5.32. The quantitative estimate of drug-likeness (QED) is 0.470. The van der Waals surface area contributed by atoms with E-state index in [0.717, 1.165) is 24.7 Å². The minimum Gasteiger partial charge on any atom is -0.390 e. The lowest BCUT2D eigenvalue weighted by molar-refractivity contribution is -0.0794. The molecule has 2 rings (SSSR count). The molecular formula is C19H35O2. The summed E-state index contributed by atoms with van der Waals surface area (Å²) < 4.78 is 5.24. The van der Waals surface area contributed by atoms with E-state index in [1.54, 1.807) is 6.61 Å². The van der Waals surface area contributed by atoms with Gasteiger partial charge in [0.2, 0.25) is 0 Å².